The fraction of sp³-hybridized carbons (Fsp3) is 0.364. The van der Waals surface area contributed by atoms with E-state index in [4.69, 9.17) is 19.7 Å². The Morgan fingerprint density at radius 1 is 0.632 bits per heavy atom. The molecule has 0 amide bonds. The Kier molecular flexibility index (Phi) is 9.24. The smallest absolute Gasteiger partial charge is 0.167 e. The van der Waals surface area contributed by atoms with Crippen LogP contribution in [0.2, 0.25) is 0 Å². The highest BCUT2D eigenvalue weighted by Gasteiger charge is 2.17. The Labute approximate surface area is 227 Å². The first-order valence-corrected chi connectivity index (χ1v) is 13.7. The molecule has 4 aromatic rings. The summed E-state index contributed by atoms with van der Waals surface area (Å²) in [5.74, 6) is 1.87. The summed E-state index contributed by atoms with van der Waals surface area (Å²) in [6.45, 7) is 12.1. The number of aromatic nitrogens is 3. The second kappa shape index (κ2) is 12.8. The van der Waals surface area contributed by atoms with E-state index in [2.05, 4.69) is 77.1 Å². The van der Waals surface area contributed by atoms with Crippen LogP contribution in [0.4, 0.5) is 0 Å². The van der Waals surface area contributed by atoms with E-state index < -0.39 is 0 Å². The molecule has 0 aliphatic carbocycles. The normalized spacial score (nSPS) is 11.2. The molecule has 38 heavy (non-hydrogen) atoms. The molecule has 198 valence electrons. The minimum Gasteiger partial charge on any atom is -0.507 e. The number of phenols is 1. The summed E-state index contributed by atoms with van der Waals surface area (Å²) in [7, 11) is 0. The molecule has 0 aliphatic rings. The number of unbranched alkanes of at least 4 members (excludes halogenated alkanes) is 2. The largest absolute Gasteiger partial charge is 0.507 e. The molecule has 0 saturated carbocycles. The lowest BCUT2D eigenvalue weighted by Gasteiger charge is -2.13. The van der Waals surface area contributed by atoms with Gasteiger partial charge in [-0.15, -0.1) is 0 Å². The van der Waals surface area contributed by atoms with E-state index in [0.29, 0.717) is 23.0 Å². The van der Waals surface area contributed by atoms with E-state index >= 15 is 0 Å². The molecular weight excluding hydrogens is 470 g/mol. The van der Waals surface area contributed by atoms with Gasteiger partial charge in [-0.1, -0.05) is 66.9 Å². The first-order chi connectivity index (χ1) is 18.4. The lowest BCUT2D eigenvalue weighted by atomic mass is 10.0. The van der Waals surface area contributed by atoms with Crippen molar-refractivity contribution < 1.29 is 9.84 Å². The highest BCUT2D eigenvalue weighted by atomic mass is 16.5. The number of ether oxygens (including phenoxy) is 1. The molecule has 3 aromatic carbocycles. The minimum atomic E-state index is 0.186. The number of hydrogen-bond acceptors (Lipinski definition) is 5. The van der Waals surface area contributed by atoms with Gasteiger partial charge >= 0.3 is 0 Å². The zero-order valence-electron chi connectivity index (χ0n) is 23.3. The highest BCUT2D eigenvalue weighted by Crippen LogP contribution is 2.32. The van der Waals surface area contributed by atoms with Crippen molar-refractivity contribution in [2.75, 3.05) is 13.2 Å². The average molecular weight is 510 g/mol. The van der Waals surface area contributed by atoms with Gasteiger partial charge < -0.3 is 9.84 Å². The molecule has 0 fully saturated rings. The summed E-state index contributed by atoms with van der Waals surface area (Å²) >= 11 is 0. The van der Waals surface area contributed by atoms with Gasteiger partial charge in [0.15, 0.2) is 17.5 Å². The van der Waals surface area contributed by atoms with Crippen molar-refractivity contribution >= 4 is 0 Å². The van der Waals surface area contributed by atoms with Crippen LogP contribution in [-0.4, -0.2) is 33.3 Å². The Balaban J connectivity index is 1.65. The molecule has 1 N–H and O–H groups in total. The maximum Gasteiger partial charge on any atom is 0.167 e. The predicted octanol–water partition coefficient (Wildman–Crippen LogP) is 7.95. The monoisotopic (exact) mass is 509 g/mol. The molecule has 0 atom stereocenters. The molecule has 0 saturated heterocycles. The van der Waals surface area contributed by atoms with Crippen molar-refractivity contribution in [3.63, 3.8) is 0 Å². The first-order valence-electron chi connectivity index (χ1n) is 13.7. The van der Waals surface area contributed by atoms with Gasteiger partial charge in [0.25, 0.3) is 0 Å². The second-order valence-electron chi connectivity index (χ2n) is 10.2. The van der Waals surface area contributed by atoms with Crippen LogP contribution < -0.4 is 0 Å². The van der Waals surface area contributed by atoms with Crippen molar-refractivity contribution in [3.8, 4) is 39.9 Å². The lowest BCUT2D eigenvalue weighted by Crippen LogP contribution is -2.02. The van der Waals surface area contributed by atoms with Gasteiger partial charge in [-0.2, -0.15) is 0 Å². The maximum absolute atomic E-state index is 11.0. The average Bonchev–Trinajstić information content (AvgIpc) is 2.88. The van der Waals surface area contributed by atoms with Gasteiger partial charge in [0.2, 0.25) is 0 Å². The Hall–Kier alpha value is -3.57. The maximum atomic E-state index is 11.0. The van der Waals surface area contributed by atoms with Gasteiger partial charge in [-0.25, -0.2) is 15.0 Å². The Bertz CT molecular complexity index is 1330. The fourth-order valence-corrected chi connectivity index (χ4v) is 4.67. The second-order valence-corrected chi connectivity index (χ2v) is 10.2. The summed E-state index contributed by atoms with van der Waals surface area (Å²) in [5, 5.41) is 11.0. The number of hydrogen-bond donors (Lipinski definition) is 1. The van der Waals surface area contributed by atoms with Gasteiger partial charge in [-0.3, -0.25) is 0 Å². The standard InChI is InChI=1S/C33H39N3O2/c1-6-7-17-38-18-9-8-10-26-13-16-29(30(37)21-26)33-35-31(27-14-11-22(2)19-24(27)4)34-32(36-33)28-15-12-23(3)20-25(28)5/h11-16,19-21,37H,6-10,17-18H2,1-5H3. The molecule has 5 nitrogen and oxygen atoms in total. The van der Waals surface area contributed by atoms with Gasteiger partial charge in [-0.05, 0) is 82.2 Å². The van der Waals surface area contributed by atoms with Crippen LogP contribution in [0.25, 0.3) is 34.2 Å². The molecule has 4 rings (SSSR count). The van der Waals surface area contributed by atoms with E-state index in [0.717, 1.165) is 73.1 Å². The van der Waals surface area contributed by atoms with Crippen LogP contribution in [0.3, 0.4) is 0 Å². The number of nitrogens with zero attached hydrogens (tertiary/aromatic N) is 3. The third-order valence-electron chi connectivity index (χ3n) is 6.83. The molecule has 0 unspecified atom stereocenters. The lowest BCUT2D eigenvalue weighted by molar-refractivity contribution is 0.127. The minimum absolute atomic E-state index is 0.186. The van der Waals surface area contributed by atoms with Crippen LogP contribution in [-0.2, 0) is 11.2 Å². The fourth-order valence-electron chi connectivity index (χ4n) is 4.67. The molecule has 0 bridgehead atoms. The summed E-state index contributed by atoms with van der Waals surface area (Å²) < 4.78 is 5.67. The van der Waals surface area contributed by atoms with E-state index in [1.807, 2.05) is 12.1 Å². The topological polar surface area (TPSA) is 68.1 Å². The van der Waals surface area contributed by atoms with Crippen LogP contribution >= 0.6 is 0 Å². The SMILES string of the molecule is CCCCOCCCCc1ccc(-c2nc(-c3ccc(C)cc3C)nc(-c3ccc(C)cc3C)n2)c(O)c1. The summed E-state index contributed by atoms with van der Waals surface area (Å²) in [6, 6.07) is 18.4. The molecule has 0 spiro atoms. The number of rotatable bonds is 11. The highest BCUT2D eigenvalue weighted by molar-refractivity contribution is 5.72. The van der Waals surface area contributed by atoms with Crippen LogP contribution in [0, 0.1) is 27.7 Å². The van der Waals surface area contributed by atoms with Gasteiger partial charge in [0.1, 0.15) is 5.75 Å². The number of phenolic OH excluding ortho intramolecular Hbond substituents is 1. The summed E-state index contributed by atoms with van der Waals surface area (Å²) in [4.78, 5) is 14.6. The van der Waals surface area contributed by atoms with E-state index in [1.54, 1.807) is 0 Å². The van der Waals surface area contributed by atoms with Crippen LogP contribution in [0.1, 0.15) is 60.4 Å². The van der Waals surface area contributed by atoms with Crippen LogP contribution in [0.15, 0.2) is 54.6 Å². The van der Waals surface area contributed by atoms with E-state index in [9.17, 15) is 5.11 Å². The molecule has 0 aliphatic heterocycles. The first kappa shape index (κ1) is 27.5. The molecule has 1 heterocycles. The molecule has 1 aromatic heterocycles. The van der Waals surface area contributed by atoms with E-state index in [1.165, 1.54) is 11.1 Å². The van der Waals surface area contributed by atoms with Crippen LogP contribution in [0.5, 0.6) is 5.75 Å². The molecular formula is C33H39N3O2. The Morgan fingerprint density at radius 2 is 1.16 bits per heavy atom. The van der Waals surface area contributed by atoms with Crippen molar-refractivity contribution in [2.45, 2.75) is 66.7 Å². The van der Waals surface area contributed by atoms with Crippen molar-refractivity contribution in [1.82, 2.24) is 15.0 Å². The van der Waals surface area contributed by atoms with Crippen molar-refractivity contribution in [3.05, 3.63) is 82.4 Å². The molecule has 0 radical (unpaired) electrons. The zero-order valence-corrected chi connectivity index (χ0v) is 23.3. The van der Waals surface area contributed by atoms with Gasteiger partial charge in [0.05, 0.1) is 5.56 Å². The van der Waals surface area contributed by atoms with Crippen molar-refractivity contribution in [1.29, 1.82) is 0 Å². The van der Waals surface area contributed by atoms with Gasteiger partial charge in [0, 0.05) is 24.3 Å². The van der Waals surface area contributed by atoms with E-state index in [-0.39, 0.29) is 5.75 Å². The number of benzene rings is 3. The number of aryl methyl sites for hydroxylation is 5. The summed E-state index contributed by atoms with van der Waals surface area (Å²) in [6.07, 6.45) is 5.19. The Morgan fingerprint density at radius 3 is 1.68 bits per heavy atom. The quantitative estimate of drug-likeness (QED) is 0.208. The third-order valence-corrected chi connectivity index (χ3v) is 6.83. The molecule has 5 heteroatoms. The third kappa shape index (κ3) is 6.84. The number of aromatic hydroxyl groups is 1. The predicted molar refractivity (Wildman–Crippen MR) is 155 cm³/mol. The van der Waals surface area contributed by atoms with Crippen molar-refractivity contribution in [2.24, 2.45) is 0 Å². The zero-order chi connectivity index (χ0) is 27.1. The summed E-state index contributed by atoms with van der Waals surface area (Å²) in [5.41, 5.74) is 8.21.